The Hall–Kier alpha value is -3.21. The second-order valence-electron chi connectivity index (χ2n) is 6.22. The number of pyridine rings is 1. The van der Waals surface area contributed by atoms with E-state index in [0.717, 1.165) is 10.9 Å². The molecule has 5 heteroatoms. The lowest BCUT2D eigenvalue weighted by atomic mass is 10.1. The van der Waals surface area contributed by atoms with Crippen molar-refractivity contribution in [3.05, 3.63) is 71.9 Å². The van der Waals surface area contributed by atoms with E-state index in [9.17, 15) is 9.59 Å². The Morgan fingerprint density at radius 2 is 1.77 bits per heavy atom. The van der Waals surface area contributed by atoms with Crippen LogP contribution in [0.3, 0.4) is 0 Å². The van der Waals surface area contributed by atoms with E-state index in [1.165, 1.54) is 17.4 Å². The average Bonchev–Trinajstić information content (AvgIpc) is 2.65. The summed E-state index contributed by atoms with van der Waals surface area (Å²) in [5.74, 6) is -0.414. The number of hydrogen-bond acceptors (Lipinski definition) is 3. The van der Waals surface area contributed by atoms with Gasteiger partial charge in [-0.2, -0.15) is 0 Å². The van der Waals surface area contributed by atoms with Crippen LogP contribution >= 0.6 is 0 Å². The highest BCUT2D eigenvalue weighted by molar-refractivity contribution is 6.04. The van der Waals surface area contributed by atoms with Gasteiger partial charge in [-0.05, 0) is 24.6 Å². The summed E-state index contributed by atoms with van der Waals surface area (Å²) in [6.45, 7) is 3.86. The quantitative estimate of drug-likeness (QED) is 0.771. The molecule has 0 aliphatic rings. The number of nitrogens with zero attached hydrogens (tertiary/aromatic N) is 2. The average molecular weight is 347 g/mol. The highest BCUT2D eigenvalue weighted by atomic mass is 16.2. The van der Waals surface area contributed by atoms with E-state index < -0.39 is 0 Å². The molecule has 0 aliphatic heterocycles. The summed E-state index contributed by atoms with van der Waals surface area (Å²) in [7, 11) is 0. The van der Waals surface area contributed by atoms with Gasteiger partial charge in [-0.15, -0.1) is 0 Å². The number of aromatic nitrogens is 1. The Balaban J connectivity index is 1.75. The molecular weight excluding hydrogens is 326 g/mol. The molecule has 1 N–H and O–H groups in total. The Labute approximate surface area is 152 Å². The molecule has 3 aromatic rings. The normalized spacial score (nSPS) is 10.5. The first-order chi connectivity index (χ1) is 12.5. The number of benzene rings is 2. The van der Waals surface area contributed by atoms with Gasteiger partial charge in [0.1, 0.15) is 6.54 Å². The Bertz CT molecular complexity index is 930. The maximum absolute atomic E-state index is 12.4. The highest BCUT2D eigenvalue weighted by Gasteiger charge is 2.18. The van der Waals surface area contributed by atoms with E-state index >= 15 is 0 Å². The van der Waals surface area contributed by atoms with Crippen LogP contribution in [0.15, 0.2) is 60.8 Å². The van der Waals surface area contributed by atoms with Gasteiger partial charge in [-0.1, -0.05) is 48.0 Å². The number of carbonyl (C=O) groups excluding carboxylic acids is 2. The van der Waals surface area contributed by atoms with Crippen LogP contribution in [0.1, 0.15) is 18.1 Å². The van der Waals surface area contributed by atoms with Crippen molar-refractivity contribution in [1.82, 2.24) is 10.3 Å². The van der Waals surface area contributed by atoms with Crippen LogP contribution in [0.5, 0.6) is 0 Å². The molecule has 26 heavy (non-hydrogen) atoms. The van der Waals surface area contributed by atoms with Crippen molar-refractivity contribution in [2.75, 3.05) is 11.4 Å². The Kier molecular flexibility index (Phi) is 5.27. The third-order valence-electron chi connectivity index (χ3n) is 4.19. The number of hydrogen-bond donors (Lipinski definition) is 1. The zero-order chi connectivity index (χ0) is 18.5. The molecule has 0 radical (unpaired) electrons. The molecule has 0 aliphatic carbocycles. The fourth-order valence-corrected chi connectivity index (χ4v) is 2.78. The number of nitrogens with one attached hydrogen (secondary N) is 1. The van der Waals surface area contributed by atoms with Crippen LogP contribution < -0.4 is 10.2 Å². The predicted molar refractivity (Wildman–Crippen MR) is 103 cm³/mol. The topological polar surface area (TPSA) is 62.3 Å². The standard InChI is InChI=1S/C21H21N3O2/c1-15-8-10-17(11-9-15)13-23-20(26)14-24(16(2)25)19-7-3-5-18-6-4-12-22-21(18)19/h3-12H,13-14H2,1-2H3,(H,23,26). The van der Waals surface area contributed by atoms with Gasteiger partial charge in [-0.3, -0.25) is 14.6 Å². The lowest BCUT2D eigenvalue weighted by molar-refractivity contribution is -0.123. The lowest BCUT2D eigenvalue weighted by Gasteiger charge is -2.22. The largest absolute Gasteiger partial charge is 0.350 e. The zero-order valence-electron chi connectivity index (χ0n) is 14.9. The van der Waals surface area contributed by atoms with Crippen molar-refractivity contribution < 1.29 is 9.59 Å². The number of aryl methyl sites for hydroxylation is 1. The van der Waals surface area contributed by atoms with E-state index in [-0.39, 0.29) is 18.4 Å². The molecule has 3 rings (SSSR count). The molecule has 1 aromatic heterocycles. The molecule has 0 fully saturated rings. The number of amides is 2. The second kappa shape index (κ2) is 7.78. The molecule has 2 amide bonds. The first-order valence-electron chi connectivity index (χ1n) is 8.48. The van der Waals surface area contributed by atoms with Crippen molar-refractivity contribution in [3.8, 4) is 0 Å². The lowest BCUT2D eigenvalue weighted by Crippen LogP contribution is -2.39. The van der Waals surface area contributed by atoms with Crippen molar-refractivity contribution in [2.45, 2.75) is 20.4 Å². The van der Waals surface area contributed by atoms with Gasteiger partial charge >= 0.3 is 0 Å². The minimum absolute atomic E-state index is 0.0448. The third kappa shape index (κ3) is 4.06. The summed E-state index contributed by atoms with van der Waals surface area (Å²) in [5, 5.41) is 3.80. The van der Waals surface area contributed by atoms with E-state index in [4.69, 9.17) is 0 Å². The minimum atomic E-state index is -0.214. The number of anilines is 1. The molecular formula is C21H21N3O2. The van der Waals surface area contributed by atoms with E-state index in [0.29, 0.717) is 17.7 Å². The fraction of sp³-hybridized carbons (Fsp3) is 0.190. The predicted octanol–water partition coefficient (Wildman–Crippen LogP) is 3.21. The first kappa shape index (κ1) is 17.6. The molecule has 0 atom stereocenters. The highest BCUT2D eigenvalue weighted by Crippen LogP contribution is 2.24. The number of fused-ring (bicyclic) bond motifs is 1. The molecule has 0 saturated heterocycles. The first-order valence-corrected chi connectivity index (χ1v) is 8.48. The fourth-order valence-electron chi connectivity index (χ4n) is 2.78. The Morgan fingerprint density at radius 3 is 2.50 bits per heavy atom. The van der Waals surface area contributed by atoms with Gasteiger partial charge in [0.25, 0.3) is 0 Å². The molecule has 1 heterocycles. The minimum Gasteiger partial charge on any atom is -0.350 e. The van der Waals surface area contributed by atoms with Crippen molar-refractivity contribution in [1.29, 1.82) is 0 Å². The van der Waals surface area contributed by atoms with E-state index in [2.05, 4.69) is 10.3 Å². The van der Waals surface area contributed by atoms with Gasteiger partial charge in [-0.25, -0.2) is 0 Å². The van der Waals surface area contributed by atoms with Crippen LogP contribution in [0.4, 0.5) is 5.69 Å². The monoisotopic (exact) mass is 347 g/mol. The summed E-state index contributed by atoms with van der Waals surface area (Å²) in [6.07, 6.45) is 1.68. The Morgan fingerprint density at radius 1 is 1.04 bits per heavy atom. The summed E-state index contributed by atoms with van der Waals surface area (Å²) >= 11 is 0. The zero-order valence-corrected chi connectivity index (χ0v) is 14.9. The second-order valence-corrected chi connectivity index (χ2v) is 6.22. The molecule has 132 valence electrons. The molecule has 0 saturated carbocycles. The summed E-state index contributed by atoms with van der Waals surface area (Å²) in [4.78, 5) is 30.4. The van der Waals surface area contributed by atoms with Gasteiger partial charge < -0.3 is 10.2 Å². The molecule has 0 unspecified atom stereocenters. The van der Waals surface area contributed by atoms with Gasteiger partial charge in [0.05, 0.1) is 11.2 Å². The van der Waals surface area contributed by atoms with Crippen LogP contribution in [0, 0.1) is 6.92 Å². The molecule has 0 spiro atoms. The molecule has 5 nitrogen and oxygen atoms in total. The van der Waals surface area contributed by atoms with Crippen LogP contribution in [0.2, 0.25) is 0 Å². The van der Waals surface area contributed by atoms with E-state index in [1.807, 2.05) is 61.5 Å². The van der Waals surface area contributed by atoms with Crippen LogP contribution in [-0.2, 0) is 16.1 Å². The van der Waals surface area contributed by atoms with Crippen molar-refractivity contribution in [3.63, 3.8) is 0 Å². The SMILES string of the molecule is CC(=O)N(CC(=O)NCc1ccc(C)cc1)c1cccc2cccnc12. The van der Waals surface area contributed by atoms with Gasteiger partial charge in [0.15, 0.2) is 0 Å². The van der Waals surface area contributed by atoms with Crippen molar-refractivity contribution >= 4 is 28.4 Å². The number of para-hydroxylation sites is 1. The molecule has 0 bridgehead atoms. The maximum atomic E-state index is 12.4. The molecule has 2 aromatic carbocycles. The van der Waals surface area contributed by atoms with Gasteiger partial charge in [0, 0.05) is 25.1 Å². The smallest absolute Gasteiger partial charge is 0.240 e. The van der Waals surface area contributed by atoms with E-state index in [1.54, 1.807) is 6.20 Å². The van der Waals surface area contributed by atoms with Crippen molar-refractivity contribution in [2.24, 2.45) is 0 Å². The number of carbonyl (C=O) groups is 2. The third-order valence-corrected chi connectivity index (χ3v) is 4.19. The number of rotatable bonds is 5. The summed E-state index contributed by atoms with van der Waals surface area (Å²) in [6, 6.07) is 17.3. The van der Waals surface area contributed by atoms with Gasteiger partial charge in [0.2, 0.25) is 11.8 Å². The maximum Gasteiger partial charge on any atom is 0.240 e. The van der Waals surface area contributed by atoms with Crippen LogP contribution in [0.25, 0.3) is 10.9 Å². The van der Waals surface area contributed by atoms with Crippen LogP contribution in [-0.4, -0.2) is 23.3 Å². The summed E-state index contributed by atoms with van der Waals surface area (Å²) in [5.41, 5.74) is 3.54. The summed E-state index contributed by atoms with van der Waals surface area (Å²) < 4.78 is 0.